The molecule has 0 spiro atoms. The number of aromatic nitrogens is 2. The summed E-state index contributed by atoms with van der Waals surface area (Å²) in [4.78, 5) is 40.2. The third kappa shape index (κ3) is 6.69. The summed E-state index contributed by atoms with van der Waals surface area (Å²) in [6, 6.07) is 15.2. The van der Waals surface area contributed by atoms with Crippen LogP contribution in [0.4, 0.5) is 0 Å². The van der Waals surface area contributed by atoms with E-state index < -0.39 is 5.92 Å². The highest BCUT2D eigenvalue weighted by Crippen LogP contribution is 2.30. The molecule has 1 unspecified atom stereocenters. The second kappa shape index (κ2) is 13.0. The number of benzene rings is 2. The maximum atomic E-state index is 12.8. The van der Waals surface area contributed by atoms with Gasteiger partial charge in [0.25, 0.3) is 5.91 Å². The summed E-state index contributed by atoms with van der Waals surface area (Å²) in [7, 11) is 3.37. The van der Waals surface area contributed by atoms with E-state index in [0.29, 0.717) is 37.6 Å². The number of hydrogen-bond donors (Lipinski definition) is 1. The fourth-order valence-corrected chi connectivity index (χ4v) is 4.68. The molecule has 4 rings (SSSR count). The number of hydrogen-bond acceptors (Lipinski definition) is 7. The molecule has 10 nitrogen and oxygen atoms in total. The molecule has 38 heavy (non-hydrogen) atoms. The van der Waals surface area contributed by atoms with Gasteiger partial charge in [-0.2, -0.15) is 5.10 Å². The Morgan fingerprint density at radius 2 is 1.82 bits per heavy atom. The van der Waals surface area contributed by atoms with Crippen LogP contribution in [0.1, 0.15) is 24.5 Å². The molecule has 0 aliphatic carbocycles. The molecule has 1 saturated heterocycles. The molecule has 1 aromatic heterocycles. The van der Waals surface area contributed by atoms with Crippen molar-refractivity contribution in [2.24, 2.45) is 7.05 Å². The third-order valence-corrected chi connectivity index (χ3v) is 6.82. The lowest BCUT2D eigenvalue weighted by Gasteiger charge is -2.34. The Labute approximate surface area is 222 Å². The van der Waals surface area contributed by atoms with Gasteiger partial charge in [-0.3, -0.25) is 19.2 Å². The average molecular weight is 522 g/mol. The molecule has 2 amide bonds. The van der Waals surface area contributed by atoms with Crippen molar-refractivity contribution >= 4 is 29.0 Å². The predicted molar refractivity (Wildman–Crippen MR) is 143 cm³/mol. The Balaban J connectivity index is 1.28. The zero-order chi connectivity index (χ0) is 26.9. The molecule has 0 radical (unpaired) electrons. The van der Waals surface area contributed by atoms with Gasteiger partial charge >= 0.3 is 0 Å². The highest BCUT2D eigenvalue weighted by Gasteiger charge is 2.26. The number of carbonyl (C=O) groups is 3. The lowest BCUT2D eigenvalue weighted by atomic mass is 9.96. The first-order valence-electron chi connectivity index (χ1n) is 12.9. The van der Waals surface area contributed by atoms with Crippen LogP contribution < -0.4 is 14.8 Å². The minimum absolute atomic E-state index is 0.0481. The lowest BCUT2D eigenvalue weighted by molar-refractivity contribution is -0.135. The number of nitrogens with zero attached hydrogens (tertiary/aromatic N) is 4. The van der Waals surface area contributed by atoms with Gasteiger partial charge in [0.2, 0.25) is 5.91 Å². The number of nitrogens with one attached hydrogen (secondary N) is 1. The van der Waals surface area contributed by atoms with Crippen molar-refractivity contribution in [3.8, 4) is 11.5 Å². The van der Waals surface area contributed by atoms with E-state index in [0.717, 1.165) is 42.6 Å². The summed E-state index contributed by atoms with van der Waals surface area (Å²) in [5.74, 6) is 0.668. The van der Waals surface area contributed by atoms with Gasteiger partial charge in [0.1, 0.15) is 24.4 Å². The molecule has 202 valence electrons. The number of fused-ring (bicyclic) bond motifs is 1. The van der Waals surface area contributed by atoms with Crippen molar-refractivity contribution in [1.29, 1.82) is 0 Å². The number of carbonyl (C=O) groups excluding carboxylic acids is 3. The Hall–Kier alpha value is -3.92. The van der Waals surface area contributed by atoms with Crippen LogP contribution in [0.3, 0.4) is 0 Å². The Morgan fingerprint density at radius 1 is 1.05 bits per heavy atom. The Kier molecular flexibility index (Phi) is 9.31. The van der Waals surface area contributed by atoms with Crippen LogP contribution in [0.5, 0.6) is 11.5 Å². The standard InChI is InChI=1S/C28H35N5O5/c1-29-28(36)24(9-6-17-34)27-23-11-10-22(19-25(23)31(2)30-27)38-20-26(35)33-14-12-32(13-15-33)16-18-37-21-7-4-3-5-8-21/h3-5,7-8,10-11,17,19,24H,6,9,12-16,18,20H2,1-2H3,(H,29,36). The molecule has 1 N–H and O–H groups in total. The summed E-state index contributed by atoms with van der Waals surface area (Å²) in [5, 5.41) is 8.04. The van der Waals surface area contributed by atoms with Gasteiger partial charge in [-0.05, 0) is 30.7 Å². The Morgan fingerprint density at radius 3 is 2.53 bits per heavy atom. The predicted octanol–water partition coefficient (Wildman–Crippen LogP) is 1.98. The molecule has 10 heteroatoms. The number of rotatable bonds is 12. The van der Waals surface area contributed by atoms with Crippen LogP contribution in [0, 0.1) is 0 Å². The summed E-state index contributed by atoms with van der Waals surface area (Å²) in [6.45, 7) is 4.27. The van der Waals surface area contributed by atoms with E-state index in [1.807, 2.05) is 47.4 Å². The van der Waals surface area contributed by atoms with Crippen molar-refractivity contribution in [3.05, 3.63) is 54.2 Å². The zero-order valence-electron chi connectivity index (χ0n) is 22.0. The second-order valence-corrected chi connectivity index (χ2v) is 9.27. The molecule has 1 aliphatic rings. The van der Waals surface area contributed by atoms with Crippen LogP contribution >= 0.6 is 0 Å². The maximum absolute atomic E-state index is 12.8. The van der Waals surface area contributed by atoms with E-state index in [1.54, 1.807) is 24.8 Å². The fourth-order valence-electron chi connectivity index (χ4n) is 4.68. The molecule has 1 fully saturated rings. The van der Waals surface area contributed by atoms with Crippen molar-refractivity contribution in [2.45, 2.75) is 18.8 Å². The van der Waals surface area contributed by atoms with E-state index in [4.69, 9.17) is 9.47 Å². The van der Waals surface area contributed by atoms with Gasteiger partial charge in [-0.1, -0.05) is 18.2 Å². The van der Waals surface area contributed by atoms with E-state index in [1.165, 1.54) is 0 Å². The second-order valence-electron chi connectivity index (χ2n) is 9.27. The zero-order valence-corrected chi connectivity index (χ0v) is 22.0. The molecule has 1 atom stereocenters. The van der Waals surface area contributed by atoms with E-state index in [9.17, 15) is 14.4 Å². The molecule has 2 aromatic carbocycles. The molecule has 0 bridgehead atoms. The molecular formula is C28H35N5O5. The number of piperazine rings is 1. The molecule has 1 aliphatic heterocycles. The van der Waals surface area contributed by atoms with Gasteiger partial charge in [0.15, 0.2) is 6.61 Å². The summed E-state index contributed by atoms with van der Waals surface area (Å²) in [5.41, 5.74) is 1.41. The van der Waals surface area contributed by atoms with Crippen LogP contribution in [-0.2, 0) is 21.4 Å². The number of ether oxygens (including phenoxy) is 2. The number of para-hydroxylation sites is 1. The van der Waals surface area contributed by atoms with Crippen molar-refractivity contribution in [3.63, 3.8) is 0 Å². The molecule has 0 saturated carbocycles. The average Bonchev–Trinajstić information content (AvgIpc) is 3.28. The first kappa shape index (κ1) is 27.1. The largest absolute Gasteiger partial charge is 0.492 e. The van der Waals surface area contributed by atoms with Crippen LogP contribution in [0.25, 0.3) is 10.9 Å². The van der Waals surface area contributed by atoms with Crippen molar-refractivity contribution < 1.29 is 23.9 Å². The number of aryl methyl sites for hydroxylation is 1. The fraction of sp³-hybridized carbons (Fsp3) is 0.429. The quantitative estimate of drug-likeness (QED) is 0.363. The molecule has 3 aromatic rings. The van der Waals surface area contributed by atoms with Crippen LogP contribution in [0.2, 0.25) is 0 Å². The highest BCUT2D eigenvalue weighted by atomic mass is 16.5. The van der Waals surface area contributed by atoms with Gasteiger partial charge < -0.3 is 24.5 Å². The van der Waals surface area contributed by atoms with Crippen LogP contribution in [0.15, 0.2) is 48.5 Å². The van der Waals surface area contributed by atoms with Crippen LogP contribution in [-0.4, -0.2) is 90.7 Å². The third-order valence-electron chi connectivity index (χ3n) is 6.82. The first-order valence-corrected chi connectivity index (χ1v) is 12.9. The van der Waals surface area contributed by atoms with E-state index in [-0.39, 0.29) is 24.8 Å². The summed E-state index contributed by atoms with van der Waals surface area (Å²) < 4.78 is 13.3. The summed E-state index contributed by atoms with van der Waals surface area (Å²) in [6.07, 6.45) is 1.47. The monoisotopic (exact) mass is 521 g/mol. The van der Waals surface area contributed by atoms with Crippen molar-refractivity contribution in [1.82, 2.24) is 24.9 Å². The summed E-state index contributed by atoms with van der Waals surface area (Å²) >= 11 is 0. The minimum atomic E-state index is -0.522. The highest BCUT2D eigenvalue weighted by molar-refractivity contribution is 5.91. The van der Waals surface area contributed by atoms with Gasteiger partial charge in [-0.25, -0.2) is 0 Å². The smallest absolute Gasteiger partial charge is 0.260 e. The van der Waals surface area contributed by atoms with E-state index >= 15 is 0 Å². The topological polar surface area (TPSA) is 106 Å². The lowest BCUT2D eigenvalue weighted by Crippen LogP contribution is -2.50. The number of likely N-dealkylation sites (N-methyl/N-ethyl adjacent to an activating group) is 1. The SMILES string of the molecule is CNC(=O)C(CCC=O)c1nn(C)c2cc(OCC(=O)N3CCN(CCOc4ccccc4)CC3)ccc12. The van der Waals surface area contributed by atoms with E-state index in [2.05, 4.69) is 15.3 Å². The van der Waals surface area contributed by atoms with Gasteiger partial charge in [-0.15, -0.1) is 0 Å². The first-order chi connectivity index (χ1) is 18.5. The minimum Gasteiger partial charge on any atom is -0.492 e. The molecule has 2 heterocycles. The normalized spacial score (nSPS) is 14.7. The van der Waals surface area contributed by atoms with Gasteiger partial charge in [0, 0.05) is 64.7 Å². The maximum Gasteiger partial charge on any atom is 0.260 e. The number of aldehydes is 1. The molecular weight excluding hydrogens is 486 g/mol. The number of amides is 2. The van der Waals surface area contributed by atoms with Crippen molar-refractivity contribution in [2.75, 3.05) is 53.0 Å². The van der Waals surface area contributed by atoms with Gasteiger partial charge in [0.05, 0.1) is 17.1 Å². The Bertz CT molecular complexity index is 1240.